The lowest BCUT2D eigenvalue weighted by Gasteiger charge is -2.45. The zero-order valence-electron chi connectivity index (χ0n) is 14.4. The Kier molecular flexibility index (Phi) is 4.64. The summed E-state index contributed by atoms with van der Waals surface area (Å²) < 4.78 is 0. The number of nitrogens with zero attached hydrogens (tertiary/aromatic N) is 3. The van der Waals surface area contributed by atoms with Gasteiger partial charge in [-0.2, -0.15) is 0 Å². The molecule has 27 heavy (non-hydrogen) atoms. The smallest absolute Gasteiger partial charge is 0.352 e. The third-order valence-electron chi connectivity index (χ3n) is 5.21. The topological polar surface area (TPSA) is 144 Å². The van der Waals surface area contributed by atoms with Crippen LogP contribution < -0.4 is 0 Å². The quantitative estimate of drug-likeness (QED) is 0.433. The van der Waals surface area contributed by atoms with Crippen molar-refractivity contribution in [1.29, 1.82) is 0 Å². The lowest BCUT2D eigenvalue weighted by atomic mass is 9.76. The molecule has 1 fully saturated rings. The first-order valence-electron chi connectivity index (χ1n) is 8.40. The number of rotatable bonds is 7. The molecule has 1 amide bonds. The van der Waals surface area contributed by atoms with E-state index in [1.165, 1.54) is 17.0 Å². The van der Waals surface area contributed by atoms with Gasteiger partial charge >= 0.3 is 5.97 Å². The van der Waals surface area contributed by atoms with E-state index in [0.29, 0.717) is 12.0 Å². The van der Waals surface area contributed by atoms with Gasteiger partial charge in [-0.3, -0.25) is 25.0 Å². The number of hydrogen-bond donors (Lipinski definition) is 1. The van der Waals surface area contributed by atoms with Crippen LogP contribution in [-0.2, 0) is 16.0 Å². The molecule has 142 valence electrons. The van der Waals surface area contributed by atoms with E-state index in [4.69, 9.17) is 0 Å². The molecule has 2 aliphatic heterocycles. The van der Waals surface area contributed by atoms with Crippen molar-refractivity contribution >= 4 is 17.6 Å². The summed E-state index contributed by atoms with van der Waals surface area (Å²) in [5.74, 6) is -2.57. The number of aliphatic carboxylic acids is 1. The average molecular weight is 375 g/mol. The van der Waals surface area contributed by atoms with E-state index in [1.807, 2.05) is 6.92 Å². The van der Waals surface area contributed by atoms with Gasteiger partial charge in [-0.15, -0.1) is 0 Å². The molecule has 1 aromatic rings. The minimum Gasteiger partial charge on any atom is -0.477 e. The Morgan fingerprint density at radius 3 is 2.30 bits per heavy atom. The van der Waals surface area contributed by atoms with Crippen molar-refractivity contribution in [2.75, 3.05) is 6.54 Å². The number of amides is 1. The van der Waals surface area contributed by atoms with Crippen LogP contribution in [0, 0.1) is 32.1 Å². The summed E-state index contributed by atoms with van der Waals surface area (Å²) in [4.78, 5) is 46.0. The molecule has 1 aromatic carbocycles. The van der Waals surface area contributed by atoms with Gasteiger partial charge in [0.1, 0.15) is 5.70 Å². The van der Waals surface area contributed by atoms with Gasteiger partial charge in [0.05, 0.1) is 16.9 Å². The van der Waals surface area contributed by atoms with Crippen LogP contribution >= 0.6 is 0 Å². The van der Waals surface area contributed by atoms with E-state index in [1.54, 1.807) is 12.1 Å². The van der Waals surface area contributed by atoms with Crippen LogP contribution in [0.15, 0.2) is 35.5 Å². The Morgan fingerprint density at radius 2 is 1.81 bits per heavy atom. The predicted molar refractivity (Wildman–Crippen MR) is 91.2 cm³/mol. The second kappa shape index (κ2) is 6.78. The summed E-state index contributed by atoms with van der Waals surface area (Å²) in [5, 5.41) is 31.4. The van der Waals surface area contributed by atoms with Crippen LogP contribution in [0.5, 0.6) is 0 Å². The normalized spacial score (nSPS) is 23.8. The van der Waals surface area contributed by atoms with E-state index < -0.39 is 34.3 Å². The van der Waals surface area contributed by atoms with Crippen LogP contribution in [-0.4, -0.2) is 44.3 Å². The molecule has 1 saturated heterocycles. The summed E-state index contributed by atoms with van der Waals surface area (Å²) in [6, 6.07) is 5.33. The highest BCUT2D eigenvalue weighted by atomic mass is 16.6. The Bertz CT molecular complexity index is 862. The molecule has 3 rings (SSSR count). The first-order valence-corrected chi connectivity index (χ1v) is 8.40. The second-order valence-electron chi connectivity index (χ2n) is 6.62. The molecule has 2 aliphatic rings. The third kappa shape index (κ3) is 3.03. The highest BCUT2D eigenvalue weighted by Gasteiger charge is 2.59. The molecule has 2 heterocycles. The van der Waals surface area contributed by atoms with E-state index in [2.05, 4.69) is 0 Å². The zero-order valence-corrected chi connectivity index (χ0v) is 14.4. The van der Waals surface area contributed by atoms with Crippen molar-refractivity contribution in [3.8, 4) is 0 Å². The molecule has 1 N–H and O–H groups in total. The van der Waals surface area contributed by atoms with Crippen LogP contribution in [0.2, 0.25) is 0 Å². The van der Waals surface area contributed by atoms with Gasteiger partial charge in [0.15, 0.2) is 0 Å². The van der Waals surface area contributed by atoms with E-state index in [-0.39, 0.29) is 35.2 Å². The molecule has 0 radical (unpaired) electrons. The summed E-state index contributed by atoms with van der Waals surface area (Å²) in [6.07, 6.45) is 0.776. The number of nitro benzene ring substituents is 1. The number of fused-ring (bicyclic) bond motifs is 1. The van der Waals surface area contributed by atoms with Crippen LogP contribution in [0.4, 0.5) is 5.69 Å². The third-order valence-corrected chi connectivity index (χ3v) is 5.21. The van der Waals surface area contributed by atoms with Gasteiger partial charge in [-0.05, 0) is 18.4 Å². The van der Waals surface area contributed by atoms with Gasteiger partial charge in [0.25, 0.3) is 5.69 Å². The molecule has 0 spiro atoms. The van der Waals surface area contributed by atoms with Gasteiger partial charge < -0.3 is 10.0 Å². The number of carbonyl (C=O) groups is 2. The minimum atomic E-state index is -1.36. The molecule has 10 heteroatoms. The van der Waals surface area contributed by atoms with E-state index >= 15 is 0 Å². The lowest BCUT2D eigenvalue weighted by Crippen LogP contribution is -2.60. The number of carbonyl (C=O) groups excluding carboxylic acids is 1. The Balaban J connectivity index is 1.98. The lowest BCUT2D eigenvalue weighted by molar-refractivity contribution is -0.471. The first-order chi connectivity index (χ1) is 12.8. The number of β-lactam (4-membered cyclic amide) rings is 1. The molecular formula is C17H17N3O7. The molecular weight excluding hydrogens is 358 g/mol. The van der Waals surface area contributed by atoms with Crippen molar-refractivity contribution in [3.05, 3.63) is 61.3 Å². The molecule has 10 nitrogen and oxygen atoms in total. The van der Waals surface area contributed by atoms with Crippen molar-refractivity contribution < 1.29 is 24.5 Å². The fraction of sp³-hybridized carbons (Fsp3) is 0.412. The van der Waals surface area contributed by atoms with Crippen molar-refractivity contribution in [3.63, 3.8) is 0 Å². The van der Waals surface area contributed by atoms with Gasteiger partial charge in [-0.25, -0.2) is 4.79 Å². The fourth-order valence-electron chi connectivity index (χ4n) is 4.06. The summed E-state index contributed by atoms with van der Waals surface area (Å²) >= 11 is 0. The number of nitro groups is 2. The summed E-state index contributed by atoms with van der Waals surface area (Å²) in [6.45, 7) is 1.16. The van der Waals surface area contributed by atoms with Crippen molar-refractivity contribution in [2.45, 2.75) is 25.8 Å². The van der Waals surface area contributed by atoms with Gasteiger partial charge in [0, 0.05) is 28.5 Å². The highest BCUT2D eigenvalue weighted by molar-refractivity contribution is 5.99. The summed E-state index contributed by atoms with van der Waals surface area (Å²) in [7, 11) is 0. The maximum absolute atomic E-state index is 12.3. The highest BCUT2D eigenvalue weighted by Crippen LogP contribution is 2.48. The number of non-ortho nitro benzene ring substituents is 1. The summed E-state index contributed by atoms with van der Waals surface area (Å²) in [5.41, 5.74) is 0.440. The maximum atomic E-state index is 12.3. The van der Waals surface area contributed by atoms with E-state index in [0.717, 1.165) is 0 Å². The minimum absolute atomic E-state index is 0.0793. The first kappa shape index (κ1) is 18.5. The fourth-order valence-corrected chi connectivity index (χ4v) is 4.06. The molecule has 3 unspecified atom stereocenters. The van der Waals surface area contributed by atoms with Crippen LogP contribution in [0.3, 0.4) is 0 Å². The Hall–Kier alpha value is -3.30. The largest absolute Gasteiger partial charge is 0.477 e. The van der Waals surface area contributed by atoms with Crippen LogP contribution in [0.25, 0.3) is 0 Å². The van der Waals surface area contributed by atoms with Gasteiger partial charge in [-0.1, -0.05) is 19.1 Å². The van der Waals surface area contributed by atoms with Crippen molar-refractivity contribution in [2.24, 2.45) is 11.8 Å². The zero-order chi connectivity index (χ0) is 19.9. The van der Waals surface area contributed by atoms with Crippen molar-refractivity contribution in [1.82, 2.24) is 4.90 Å². The number of hydrogen-bond acceptors (Lipinski definition) is 6. The van der Waals surface area contributed by atoms with E-state index in [9.17, 15) is 34.9 Å². The molecule has 3 atom stereocenters. The Morgan fingerprint density at radius 1 is 1.19 bits per heavy atom. The standard InChI is InChI=1S/C17H17N3O7/c1-2-11-14-12(7-9-3-5-10(6-4-9)20(26)27)13(8-18(24)25)15(17(22)23)19(14)16(11)21/h3-6,11-12,14H,2,7-8H2,1H3,(H,22,23). The number of carboxylic acid groups (broad SMARTS) is 1. The molecule has 0 bridgehead atoms. The molecule has 0 aromatic heterocycles. The average Bonchev–Trinajstić information content (AvgIpc) is 2.86. The number of carboxylic acids is 1. The monoisotopic (exact) mass is 375 g/mol. The van der Waals surface area contributed by atoms with Crippen LogP contribution in [0.1, 0.15) is 18.9 Å². The predicted octanol–water partition coefficient (Wildman–Crippen LogP) is 1.62. The maximum Gasteiger partial charge on any atom is 0.352 e. The SMILES string of the molecule is CCC1C(=O)N2C(C(=O)O)=C(C[N+](=O)[O-])C(Cc3ccc([N+](=O)[O-])cc3)C12. The molecule has 0 saturated carbocycles. The van der Waals surface area contributed by atoms with Gasteiger partial charge in [0.2, 0.25) is 12.5 Å². The second-order valence-corrected chi connectivity index (χ2v) is 6.62. The molecule has 0 aliphatic carbocycles. The Labute approximate surface area is 153 Å². The number of benzene rings is 1.